The highest BCUT2D eigenvalue weighted by Gasteiger charge is 2.34. The van der Waals surface area contributed by atoms with Crippen LogP contribution in [0.3, 0.4) is 0 Å². The third-order valence-electron chi connectivity index (χ3n) is 6.11. The molecule has 1 amide bonds. The van der Waals surface area contributed by atoms with E-state index in [0.29, 0.717) is 18.5 Å². The fourth-order valence-corrected chi connectivity index (χ4v) is 4.16. The number of hydrogen-bond acceptors (Lipinski definition) is 6. The fourth-order valence-electron chi connectivity index (χ4n) is 4.16. The SMILES string of the molecule is CCCn1c(=O)n(C2CC2)c(=O)c2[nH]c(-c3ccc(-c4nc(C(F)(F)F)ccc4C(=O)NC)nc3)nc21. The molecular weight excluding hydrogens is 491 g/mol. The summed E-state index contributed by atoms with van der Waals surface area (Å²) in [6.45, 7) is 2.29. The summed E-state index contributed by atoms with van der Waals surface area (Å²) >= 11 is 0. The topological polar surface area (TPSA) is 128 Å². The largest absolute Gasteiger partial charge is 0.433 e. The van der Waals surface area contributed by atoms with Crippen LogP contribution in [-0.2, 0) is 12.7 Å². The summed E-state index contributed by atoms with van der Waals surface area (Å²) in [7, 11) is 1.36. The fraction of sp³-hybridized carbons (Fsp3) is 0.333. The second-order valence-corrected chi connectivity index (χ2v) is 8.73. The number of imidazole rings is 1. The highest BCUT2D eigenvalue weighted by Crippen LogP contribution is 2.33. The molecule has 4 aromatic rings. The third-order valence-corrected chi connectivity index (χ3v) is 6.11. The molecule has 4 aromatic heterocycles. The number of alkyl halides is 3. The first-order valence-corrected chi connectivity index (χ1v) is 11.7. The smallest absolute Gasteiger partial charge is 0.355 e. The molecule has 192 valence electrons. The minimum Gasteiger partial charge on any atom is -0.355 e. The van der Waals surface area contributed by atoms with E-state index in [-0.39, 0.29) is 40.0 Å². The Morgan fingerprint density at radius 1 is 1.16 bits per heavy atom. The van der Waals surface area contributed by atoms with Crippen molar-refractivity contribution < 1.29 is 18.0 Å². The Balaban J connectivity index is 1.60. The van der Waals surface area contributed by atoms with E-state index >= 15 is 0 Å². The third kappa shape index (κ3) is 4.30. The number of aryl methyl sites for hydroxylation is 1. The molecular formula is C24H22F3N7O3. The number of aromatic nitrogens is 6. The quantitative estimate of drug-likeness (QED) is 0.408. The van der Waals surface area contributed by atoms with E-state index in [0.717, 1.165) is 25.0 Å². The van der Waals surface area contributed by atoms with Gasteiger partial charge in [-0.1, -0.05) is 6.92 Å². The lowest BCUT2D eigenvalue weighted by Crippen LogP contribution is -2.39. The van der Waals surface area contributed by atoms with Crippen LogP contribution in [-0.4, -0.2) is 42.0 Å². The van der Waals surface area contributed by atoms with Crippen LogP contribution < -0.4 is 16.6 Å². The molecule has 0 bridgehead atoms. The van der Waals surface area contributed by atoms with E-state index in [1.807, 2.05) is 6.92 Å². The van der Waals surface area contributed by atoms with Crippen molar-refractivity contribution >= 4 is 17.1 Å². The predicted octanol–water partition coefficient (Wildman–Crippen LogP) is 3.13. The summed E-state index contributed by atoms with van der Waals surface area (Å²) in [5, 5.41) is 2.38. The Morgan fingerprint density at radius 2 is 1.92 bits per heavy atom. The van der Waals surface area contributed by atoms with Crippen LogP contribution >= 0.6 is 0 Å². The van der Waals surface area contributed by atoms with E-state index in [1.165, 1.54) is 34.5 Å². The first-order chi connectivity index (χ1) is 17.6. The van der Waals surface area contributed by atoms with E-state index < -0.39 is 29.0 Å². The maximum atomic E-state index is 13.3. The van der Waals surface area contributed by atoms with Crippen LogP contribution in [0, 0.1) is 0 Å². The molecule has 4 heterocycles. The maximum absolute atomic E-state index is 13.3. The summed E-state index contributed by atoms with van der Waals surface area (Å²) in [6.07, 6.45) is -1.16. The summed E-state index contributed by atoms with van der Waals surface area (Å²) in [4.78, 5) is 53.6. The molecule has 1 saturated carbocycles. The molecule has 1 aliphatic carbocycles. The molecule has 0 aliphatic heterocycles. The number of H-pyrrole nitrogens is 1. The second kappa shape index (κ2) is 8.98. The lowest BCUT2D eigenvalue weighted by atomic mass is 10.1. The molecule has 0 atom stereocenters. The van der Waals surface area contributed by atoms with Gasteiger partial charge in [0.1, 0.15) is 22.7 Å². The van der Waals surface area contributed by atoms with E-state index in [2.05, 4.69) is 25.3 Å². The summed E-state index contributed by atoms with van der Waals surface area (Å²) in [5.41, 5.74) is -1.39. The molecule has 0 radical (unpaired) electrons. The molecule has 10 nitrogen and oxygen atoms in total. The number of rotatable bonds is 6. The van der Waals surface area contributed by atoms with Crippen molar-refractivity contribution in [3.63, 3.8) is 0 Å². The Hall–Kier alpha value is -4.29. The van der Waals surface area contributed by atoms with Gasteiger partial charge in [-0.2, -0.15) is 13.2 Å². The van der Waals surface area contributed by atoms with Crippen molar-refractivity contribution in [2.45, 2.75) is 44.9 Å². The normalized spacial score (nSPS) is 13.8. The van der Waals surface area contributed by atoms with Gasteiger partial charge in [-0.15, -0.1) is 0 Å². The lowest BCUT2D eigenvalue weighted by molar-refractivity contribution is -0.141. The zero-order valence-corrected chi connectivity index (χ0v) is 19.9. The van der Waals surface area contributed by atoms with Crippen LogP contribution in [0.4, 0.5) is 13.2 Å². The second-order valence-electron chi connectivity index (χ2n) is 8.73. The number of nitrogens with zero attached hydrogens (tertiary/aromatic N) is 5. The predicted molar refractivity (Wildman–Crippen MR) is 128 cm³/mol. The molecule has 5 rings (SSSR count). The Kier molecular flexibility index (Phi) is 5.92. The number of carbonyl (C=O) groups is 1. The van der Waals surface area contributed by atoms with Gasteiger partial charge in [0.15, 0.2) is 5.65 Å². The van der Waals surface area contributed by atoms with Crippen LogP contribution in [0.5, 0.6) is 0 Å². The number of hydrogen-bond donors (Lipinski definition) is 2. The molecule has 37 heavy (non-hydrogen) atoms. The molecule has 0 spiro atoms. The number of aromatic amines is 1. The van der Waals surface area contributed by atoms with Gasteiger partial charge in [0.05, 0.1) is 11.3 Å². The average Bonchev–Trinajstić information content (AvgIpc) is 3.61. The first-order valence-electron chi connectivity index (χ1n) is 11.7. The van der Waals surface area contributed by atoms with Crippen molar-refractivity contribution in [1.82, 2.24) is 34.4 Å². The van der Waals surface area contributed by atoms with Gasteiger partial charge in [0, 0.05) is 31.4 Å². The average molecular weight is 513 g/mol. The number of nitrogens with one attached hydrogen (secondary N) is 2. The van der Waals surface area contributed by atoms with Gasteiger partial charge >= 0.3 is 11.9 Å². The van der Waals surface area contributed by atoms with Gasteiger partial charge < -0.3 is 10.3 Å². The summed E-state index contributed by atoms with van der Waals surface area (Å²) < 4.78 is 42.5. The minimum atomic E-state index is -4.70. The first kappa shape index (κ1) is 24.4. The van der Waals surface area contributed by atoms with Gasteiger partial charge in [0.2, 0.25) is 0 Å². The monoisotopic (exact) mass is 513 g/mol. The van der Waals surface area contributed by atoms with E-state index in [9.17, 15) is 27.6 Å². The van der Waals surface area contributed by atoms with Crippen molar-refractivity contribution in [1.29, 1.82) is 0 Å². The van der Waals surface area contributed by atoms with Crippen molar-refractivity contribution in [2.24, 2.45) is 0 Å². The number of carbonyl (C=O) groups excluding carboxylic acids is 1. The Bertz CT molecular complexity index is 1630. The van der Waals surface area contributed by atoms with Gasteiger partial charge in [-0.05, 0) is 43.5 Å². The number of amides is 1. The number of fused-ring (bicyclic) bond motifs is 1. The molecule has 0 aromatic carbocycles. The summed E-state index contributed by atoms with van der Waals surface area (Å²) in [6, 6.07) is 4.63. The van der Waals surface area contributed by atoms with Gasteiger partial charge in [-0.3, -0.25) is 23.7 Å². The van der Waals surface area contributed by atoms with E-state index in [4.69, 9.17) is 0 Å². The zero-order chi connectivity index (χ0) is 26.5. The molecule has 13 heteroatoms. The minimum absolute atomic E-state index is 0.0449. The molecule has 2 N–H and O–H groups in total. The standard InChI is InChI=1S/C24H22F3N7O3/c1-3-10-33-20-18(22(36)34(23(33)37)13-5-6-13)31-19(32-20)12-4-8-15(29-11-12)17-14(21(35)28-2)7-9-16(30-17)24(25,26)27/h4,7-9,11,13H,3,5-6,10H2,1-2H3,(H,28,35)(H,31,32). The number of pyridine rings is 2. The van der Waals surface area contributed by atoms with Crippen molar-refractivity contribution in [3.8, 4) is 22.8 Å². The van der Waals surface area contributed by atoms with Crippen LogP contribution in [0.1, 0.15) is 48.3 Å². The van der Waals surface area contributed by atoms with E-state index in [1.54, 1.807) is 0 Å². The number of halogens is 3. The summed E-state index contributed by atoms with van der Waals surface area (Å²) in [5.74, 6) is -0.340. The van der Waals surface area contributed by atoms with Gasteiger partial charge in [-0.25, -0.2) is 14.8 Å². The lowest BCUT2D eigenvalue weighted by Gasteiger charge is -2.11. The molecule has 0 unspecified atom stereocenters. The van der Waals surface area contributed by atoms with Crippen LogP contribution in [0.15, 0.2) is 40.1 Å². The molecule has 1 aliphatic rings. The highest BCUT2D eigenvalue weighted by molar-refractivity contribution is 5.99. The van der Waals surface area contributed by atoms with Crippen molar-refractivity contribution in [3.05, 3.63) is 62.6 Å². The molecule has 1 fully saturated rings. The zero-order valence-electron chi connectivity index (χ0n) is 19.9. The van der Waals surface area contributed by atoms with Crippen LogP contribution in [0.2, 0.25) is 0 Å². The Morgan fingerprint density at radius 3 is 2.51 bits per heavy atom. The van der Waals surface area contributed by atoms with Crippen LogP contribution in [0.25, 0.3) is 33.9 Å². The molecule has 0 saturated heterocycles. The highest BCUT2D eigenvalue weighted by atomic mass is 19.4. The van der Waals surface area contributed by atoms with Gasteiger partial charge in [0.25, 0.3) is 11.5 Å². The maximum Gasteiger partial charge on any atom is 0.433 e. The Labute approximate surface area is 207 Å². The van der Waals surface area contributed by atoms with Crippen molar-refractivity contribution in [2.75, 3.05) is 7.05 Å².